The predicted octanol–water partition coefficient (Wildman–Crippen LogP) is 4.02. The fourth-order valence-electron chi connectivity index (χ4n) is 2.36. The monoisotopic (exact) mass is 311 g/mol. The first-order valence-corrected chi connectivity index (χ1v) is 7.88. The van der Waals surface area contributed by atoms with Crippen molar-refractivity contribution in [3.63, 3.8) is 0 Å². The van der Waals surface area contributed by atoms with Crippen LogP contribution in [0.5, 0.6) is 0 Å². The molecule has 1 amide bonds. The van der Waals surface area contributed by atoms with Crippen LogP contribution in [0, 0.1) is 13.8 Å². The number of aromatic nitrogens is 2. The second kappa shape index (κ2) is 5.77. The number of nitrogens with zero attached hydrogens (tertiary/aromatic N) is 2. The molecule has 0 aliphatic carbocycles. The van der Waals surface area contributed by atoms with Crippen LogP contribution < -0.4 is 5.32 Å². The Morgan fingerprint density at radius 1 is 1.18 bits per heavy atom. The number of benzene rings is 1. The fourth-order valence-corrected chi connectivity index (χ4v) is 3.16. The summed E-state index contributed by atoms with van der Waals surface area (Å²) in [4.78, 5) is 12.4. The Hall–Kier alpha value is -2.40. The molecule has 0 unspecified atom stereocenters. The van der Waals surface area contributed by atoms with Crippen LogP contribution in [0.4, 0.5) is 5.00 Å². The molecule has 0 aliphatic heterocycles. The van der Waals surface area contributed by atoms with Crippen molar-refractivity contribution in [2.45, 2.75) is 13.8 Å². The molecule has 1 aromatic carbocycles. The molecule has 0 saturated carbocycles. The number of rotatable bonds is 3. The van der Waals surface area contributed by atoms with Crippen LogP contribution in [0.2, 0.25) is 0 Å². The Balaban J connectivity index is 1.88. The minimum absolute atomic E-state index is 0.124. The van der Waals surface area contributed by atoms with Crippen LogP contribution in [0.3, 0.4) is 0 Å². The Morgan fingerprint density at radius 2 is 1.91 bits per heavy atom. The second-order valence-corrected chi connectivity index (χ2v) is 6.20. The molecule has 0 atom stereocenters. The number of amides is 1. The maximum Gasteiger partial charge on any atom is 0.259 e. The number of carbonyl (C=O) groups excluding carboxylic acids is 1. The van der Waals surface area contributed by atoms with E-state index >= 15 is 0 Å². The van der Waals surface area contributed by atoms with Crippen molar-refractivity contribution in [3.8, 4) is 11.1 Å². The van der Waals surface area contributed by atoms with Gasteiger partial charge in [0.25, 0.3) is 5.91 Å². The van der Waals surface area contributed by atoms with Crippen LogP contribution >= 0.6 is 11.3 Å². The van der Waals surface area contributed by atoms with Crippen molar-refractivity contribution in [1.82, 2.24) is 9.78 Å². The number of aryl methyl sites for hydroxylation is 3. The van der Waals surface area contributed by atoms with Crippen molar-refractivity contribution < 1.29 is 4.79 Å². The molecular formula is C17H17N3OS. The first kappa shape index (κ1) is 14.5. The summed E-state index contributed by atoms with van der Waals surface area (Å²) >= 11 is 1.53. The van der Waals surface area contributed by atoms with Gasteiger partial charge in [-0.2, -0.15) is 5.10 Å². The molecule has 2 aromatic heterocycles. The highest BCUT2D eigenvalue weighted by atomic mass is 32.1. The quantitative estimate of drug-likeness (QED) is 0.794. The fraction of sp³-hybridized carbons (Fsp3) is 0.176. The van der Waals surface area contributed by atoms with E-state index < -0.39 is 0 Å². The largest absolute Gasteiger partial charge is 0.313 e. The van der Waals surface area contributed by atoms with E-state index in [0.717, 1.165) is 21.8 Å². The smallest absolute Gasteiger partial charge is 0.259 e. The van der Waals surface area contributed by atoms with Gasteiger partial charge in [0.05, 0.1) is 11.3 Å². The van der Waals surface area contributed by atoms with Crippen molar-refractivity contribution in [2.24, 2.45) is 7.05 Å². The van der Waals surface area contributed by atoms with Crippen LogP contribution in [0.15, 0.2) is 41.9 Å². The topological polar surface area (TPSA) is 46.9 Å². The molecule has 112 valence electrons. The van der Waals surface area contributed by atoms with Gasteiger partial charge >= 0.3 is 0 Å². The SMILES string of the molecule is Cc1ccc(-c2ccsc2NC(=O)c2cn(C)nc2C)cc1. The molecule has 2 heterocycles. The van der Waals surface area contributed by atoms with E-state index in [9.17, 15) is 4.79 Å². The average Bonchev–Trinajstić information content (AvgIpc) is 3.06. The van der Waals surface area contributed by atoms with Crippen molar-refractivity contribution in [1.29, 1.82) is 0 Å². The van der Waals surface area contributed by atoms with Crippen molar-refractivity contribution in [2.75, 3.05) is 5.32 Å². The third kappa shape index (κ3) is 2.80. The molecule has 1 N–H and O–H groups in total. The Morgan fingerprint density at radius 3 is 2.55 bits per heavy atom. The summed E-state index contributed by atoms with van der Waals surface area (Å²) in [5.41, 5.74) is 4.69. The van der Waals surface area contributed by atoms with Crippen LogP contribution in [0.25, 0.3) is 11.1 Å². The number of anilines is 1. The molecule has 0 spiro atoms. The van der Waals surface area contributed by atoms with E-state index in [2.05, 4.69) is 41.6 Å². The molecule has 3 aromatic rings. The summed E-state index contributed by atoms with van der Waals surface area (Å²) in [5.74, 6) is -0.124. The highest BCUT2D eigenvalue weighted by Gasteiger charge is 2.15. The van der Waals surface area contributed by atoms with Crippen LogP contribution in [-0.2, 0) is 7.05 Å². The standard InChI is InChI=1S/C17H17N3OS/c1-11-4-6-13(7-5-11)14-8-9-22-17(14)18-16(21)15-10-20(3)19-12(15)2/h4-10H,1-3H3,(H,18,21). The van der Waals surface area contributed by atoms with Crippen LogP contribution in [0.1, 0.15) is 21.6 Å². The highest BCUT2D eigenvalue weighted by molar-refractivity contribution is 7.15. The summed E-state index contributed by atoms with van der Waals surface area (Å²) in [7, 11) is 1.81. The van der Waals surface area contributed by atoms with E-state index in [1.54, 1.807) is 10.9 Å². The summed E-state index contributed by atoms with van der Waals surface area (Å²) in [6.45, 7) is 3.90. The lowest BCUT2D eigenvalue weighted by Crippen LogP contribution is -2.12. The summed E-state index contributed by atoms with van der Waals surface area (Å²) < 4.78 is 1.65. The molecule has 3 rings (SSSR count). The lowest BCUT2D eigenvalue weighted by atomic mass is 10.1. The van der Waals surface area contributed by atoms with E-state index in [0.29, 0.717) is 5.56 Å². The third-order valence-electron chi connectivity index (χ3n) is 3.51. The van der Waals surface area contributed by atoms with Gasteiger partial charge in [-0.1, -0.05) is 29.8 Å². The van der Waals surface area contributed by atoms with Gasteiger partial charge in [-0.25, -0.2) is 0 Å². The van der Waals surface area contributed by atoms with Crippen LogP contribution in [-0.4, -0.2) is 15.7 Å². The number of carbonyl (C=O) groups is 1. The lowest BCUT2D eigenvalue weighted by Gasteiger charge is -2.06. The Bertz CT molecular complexity index is 815. The first-order valence-electron chi connectivity index (χ1n) is 7.01. The van der Waals surface area contributed by atoms with Crippen molar-refractivity contribution >= 4 is 22.2 Å². The summed E-state index contributed by atoms with van der Waals surface area (Å²) in [5, 5.41) is 10.1. The zero-order valence-electron chi connectivity index (χ0n) is 12.8. The average molecular weight is 311 g/mol. The predicted molar refractivity (Wildman–Crippen MR) is 90.4 cm³/mol. The van der Waals surface area contributed by atoms with Gasteiger partial charge in [0, 0.05) is 18.8 Å². The Labute approximate surface area is 133 Å². The normalized spacial score (nSPS) is 10.7. The molecular weight excluding hydrogens is 294 g/mol. The number of hydrogen-bond donors (Lipinski definition) is 1. The number of hydrogen-bond acceptors (Lipinski definition) is 3. The minimum Gasteiger partial charge on any atom is -0.313 e. The van der Waals surface area contributed by atoms with Gasteiger partial charge in [0.1, 0.15) is 5.00 Å². The molecule has 0 radical (unpaired) electrons. The van der Waals surface area contributed by atoms with Gasteiger partial charge < -0.3 is 5.32 Å². The zero-order chi connectivity index (χ0) is 15.7. The maximum absolute atomic E-state index is 12.4. The summed E-state index contributed by atoms with van der Waals surface area (Å²) in [6.07, 6.45) is 1.74. The molecule has 0 fully saturated rings. The highest BCUT2D eigenvalue weighted by Crippen LogP contribution is 2.33. The molecule has 22 heavy (non-hydrogen) atoms. The minimum atomic E-state index is -0.124. The van der Waals surface area contributed by atoms with Gasteiger partial charge in [0.2, 0.25) is 0 Å². The van der Waals surface area contributed by atoms with Gasteiger partial charge in [-0.05, 0) is 30.9 Å². The first-order chi connectivity index (χ1) is 10.5. The van der Waals surface area contributed by atoms with E-state index in [4.69, 9.17) is 0 Å². The Kier molecular flexibility index (Phi) is 3.81. The molecule has 5 heteroatoms. The van der Waals surface area contributed by atoms with E-state index in [1.807, 2.05) is 25.4 Å². The zero-order valence-corrected chi connectivity index (χ0v) is 13.6. The van der Waals surface area contributed by atoms with Gasteiger partial charge in [0.15, 0.2) is 0 Å². The molecule has 0 bridgehead atoms. The summed E-state index contributed by atoms with van der Waals surface area (Å²) in [6, 6.07) is 10.3. The number of thiophene rings is 1. The van der Waals surface area contributed by atoms with E-state index in [-0.39, 0.29) is 5.91 Å². The van der Waals surface area contributed by atoms with Gasteiger partial charge in [-0.3, -0.25) is 9.48 Å². The van der Waals surface area contributed by atoms with Crippen molar-refractivity contribution in [3.05, 3.63) is 58.7 Å². The molecule has 0 saturated heterocycles. The third-order valence-corrected chi connectivity index (χ3v) is 4.34. The maximum atomic E-state index is 12.4. The number of nitrogens with one attached hydrogen (secondary N) is 1. The molecule has 4 nitrogen and oxygen atoms in total. The van der Waals surface area contributed by atoms with E-state index in [1.165, 1.54) is 16.9 Å². The molecule has 0 aliphatic rings. The lowest BCUT2D eigenvalue weighted by molar-refractivity contribution is 0.102. The van der Waals surface area contributed by atoms with Gasteiger partial charge in [-0.15, -0.1) is 11.3 Å². The second-order valence-electron chi connectivity index (χ2n) is 5.29.